The maximum atomic E-state index is 13.3. The van der Waals surface area contributed by atoms with Gasteiger partial charge in [0.1, 0.15) is 0 Å². The molecule has 0 bridgehead atoms. The number of nitrogens with zero attached hydrogens (tertiary/aromatic N) is 3. The molecule has 8 heteroatoms. The van der Waals surface area contributed by atoms with Crippen LogP contribution in [0.1, 0.15) is 15.9 Å². The quantitative estimate of drug-likeness (QED) is 0.645. The highest BCUT2D eigenvalue weighted by Gasteiger charge is 2.28. The van der Waals surface area contributed by atoms with Gasteiger partial charge >= 0.3 is 6.03 Å². The van der Waals surface area contributed by atoms with Crippen LogP contribution in [0.2, 0.25) is 0 Å². The summed E-state index contributed by atoms with van der Waals surface area (Å²) in [4.78, 5) is 32.0. The summed E-state index contributed by atoms with van der Waals surface area (Å²) in [6.45, 7) is 6.99. The third-order valence-corrected chi connectivity index (χ3v) is 6.23. The Bertz CT molecular complexity index is 906. The van der Waals surface area contributed by atoms with E-state index in [2.05, 4.69) is 10.2 Å². The van der Waals surface area contributed by atoms with Crippen molar-refractivity contribution in [2.45, 2.75) is 12.6 Å². The highest BCUT2D eigenvalue weighted by atomic mass is 16.5. The first-order valence-corrected chi connectivity index (χ1v) is 12.0. The summed E-state index contributed by atoms with van der Waals surface area (Å²) in [5.41, 5.74) is 1.72. The first-order chi connectivity index (χ1) is 16.7. The van der Waals surface area contributed by atoms with Gasteiger partial charge < -0.3 is 24.6 Å². The summed E-state index contributed by atoms with van der Waals surface area (Å²) >= 11 is 0. The first kappa shape index (κ1) is 24.2. The third kappa shape index (κ3) is 7.03. The van der Waals surface area contributed by atoms with E-state index in [1.807, 2.05) is 65.6 Å². The zero-order valence-electron chi connectivity index (χ0n) is 19.6. The second-order valence-electron chi connectivity index (χ2n) is 8.65. The molecular weight excluding hydrogens is 432 g/mol. The molecule has 34 heavy (non-hydrogen) atoms. The Labute approximate surface area is 201 Å². The number of carbonyl (C=O) groups excluding carboxylic acids is 2. The molecule has 182 valence electrons. The second kappa shape index (κ2) is 12.5. The zero-order chi connectivity index (χ0) is 23.6. The van der Waals surface area contributed by atoms with E-state index in [0.29, 0.717) is 44.9 Å². The highest BCUT2D eigenvalue weighted by molar-refractivity contribution is 5.94. The Morgan fingerprint density at radius 2 is 1.65 bits per heavy atom. The van der Waals surface area contributed by atoms with Gasteiger partial charge in [-0.15, -0.1) is 0 Å². The van der Waals surface area contributed by atoms with Crippen molar-refractivity contribution in [2.24, 2.45) is 0 Å². The summed E-state index contributed by atoms with van der Waals surface area (Å²) in [5.74, 6) is -0.0110. The minimum atomic E-state index is -0.228. The van der Waals surface area contributed by atoms with E-state index in [1.54, 1.807) is 4.90 Å². The normalized spacial score (nSPS) is 18.9. The number of nitrogens with one attached hydrogen (secondary N) is 1. The Morgan fingerprint density at radius 1 is 0.941 bits per heavy atom. The molecule has 0 saturated carbocycles. The van der Waals surface area contributed by atoms with Crippen LogP contribution in [0.3, 0.4) is 0 Å². The van der Waals surface area contributed by atoms with Crippen molar-refractivity contribution in [1.29, 1.82) is 0 Å². The molecule has 0 radical (unpaired) electrons. The minimum Gasteiger partial charge on any atom is -0.379 e. The number of ether oxygens (including phenoxy) is 2. The number of amides is 3. The molecule has 1 atom stereocenters. The van der Waals surface area contributed by atoms with Gasteiger partial charge in [-0.2, -0.15) is 0 Å². The number of benzene rings is 2. The number of hydrogen-bond donors (Lipinski definition) is 1. The monoisotopic (exact) mass is 466 g/mol. The van der Waals surface area contributed by atoms with Gasteiger partial charge in [0.15, 0.2) is 0 Å². The number of hydrogen-bond acceptors (Lipinski definition) is 5. The maximum absolute atomic E-state index is 13.3. The van der Waals surface area contributed by atoms with Crippen molar-refractivity contribution < 1.29 is 19.1 Å². The van der Waals surface area contributed by atoms with Gasteiger partial charge in [-0.1, -0.05) is 48.5 Å². The van der Waals surface area contributed by atoms with E-state index in [-0.39, 0.29) is 18.0 Å². The zero-order valence-corrected chi connectivity index (χ0v) is 19.6. The van der Waals surface area contributed by atoms with Crippen molar-refractivity contribution >= 4 is 11.9 Å². The van der Waals surface area contributed by atoms with Crippen LogP contribution < -0.4 is 5.32 Å². The Hall–Kier alpha value is -2.94. The second-order valence-corrected chi connectivity index (χ2v) is 8.65. The fraction of sp³-hybridized carbons (Fsp3) is 0.462. The molecule has 2 aromatic carbocycles. The molecule has 0 spiro atoms. The molecule has 3 amide bonds. The average molecular weight is 467 g/mol. The van der Waals surface area contributed by atoms with Crippen molar-refractivity contribution in [3.8, 4) is 0 Å². The van der Waals surface area contributed by atoms with Crippen molar-refractivity contribution in [1.82, 2.24) is 20.0 Å². The fourth-order valence-electron chi connectivity index (χ4n) is 4.27. The molecule has 1 N–H and O–H groups in total. The molecule has 2 aliphatic heterocycles. The SMILES string of the molecule is O=C(NCc1ccccc1)N1CCO[C@H](CN(CCN2CCOCC2)C(=O)c2ccccc2)C1. The van der Waals surface area contributed by atoms with E-state index in [0.717, 1.165) is 38.4 Å². The van der Waals surface area contributed by atoms with Crippen LogP contribution >= 0.6 is 0 Å². The molecule has 2 aliphatic rings. The molecule has 2 fully saturated rings. The molecule has 0 unspecified atom stereocenters. The lowest BCUT2D eigenvalue weighted by atomic mass is 10.1. The average Bonchev–Trinajstić information content (AvgIpc) is 2.91. The predicted octanol–water partition coefficient (Wildman–Crippen LogP) is 2.07. The summed E-state index contributed by atoms with van der Waals surface area (Å²) in [7, 11) is 0. The highest BCUT2D eigenvalue weighted by Crippen LogP contribution is 2.12. The van der Waals surface area contributed by atoms with Crippen LogP contribution in [0, 0.1) is 0 Å². The van der Waals surface area contributed by atoms with Crippen molar-refractivity contribution in [3.63, 3.8) is 0 Å². The smallest absolute Gasteiger partial charge is 0.317 e. The van der Waals surface area contributed by atoms with E-state index in [4.69, 9.17) is 9.47 Å². The van der Waals surface area contributed by atoms with Gasteiger partial charge in [-0.05, 0) is 17.7 Å². The summed E-state index contributed by atoms with van der Waals surface area (Å²) in [6, 6.07) is 19.1. The molecule has 2 aromatic rings. The lowest BCUT2D eigenvalue weighted by Gasteiger charge is -2.36. The van der Waals surface area contributed by atoms with Gasteiger partial charge in [0.05, 0.1) is 32.5 Å². The lowest BCUT2D eigenvalue weighted by molar-refractivity contribution is -0.0297. The third-order valence-electron chi connectivity index (χ3n) is 6.23. The van der Waals surface area contributed by atoms with Crippen LogP contribution in [0.25, 0.3) is 0 Å². The largest absolute Gasteiger partial charge is 0.379 e. The molecule has 2 saturated heterocycles. The molecule has 0 aliphatic carbocycles. The van der Waals surface area contributed by atoms with Gasteiger partial charge in [-0.3, -0.25) is 9.69 Å². The van der Waals surface area contributed by atoms with E-state index in [1.165, 1.54) is 0 Å². The number of rotatable bonds is 8. The van der Waals surface area contributed by atoms with Crippen LogP contribution in [-0.4, -0.2) is 98.4 Å². The van der Waals surface area contributed by atoms with E-state index in [9.17, 15) is 9.59 Å². The Morgan fingerprint density at radius 3 is 2.38 bits per heavy atom. The molecular formula is C26H34N4O4. The standard InChI is InChI=1S/C26H34N4O4/c31-25(23-9-5-2-6-10-23)29(12-11-28-13-16-33-17-14-28)20-24-21-30(15-18-34-24)26(32)27-19-22-7-3-1-4-8-22/h1-10,24H,11-21H2,(H,27,32)/t24-/m1/s1. The van der Waals surface area contributed by atoms with Crippen LogP contribution in [-0.2, 0) is 16.0 Å². The Kier molecular flexibility index (Phi) is 8.90. The minimum absolute atomic E-state index is 0.0110. The fourth-order valence-corrected chi connectivity index (χ4v) is 4.27. The van der Waals surface area contributed by atoms with Gasteiger partial charge in [0.25, 0.3) is 5.91 Å². The molecule has 4 rings (SSSR count). The van der Waals surface area contributed by atoms with Gasteiger partial charge in [0, 0.05) is 51.4 Å². The predicted molar refractivity (Wildman–Crippen MR) is 130 cm³/mol. The first-order valence-electron chi connectivity index (χ1n) is 12.0. The summed E-state index contributed by atoms with van der Waals surface area (Å²) < 4.78 is 11.4. The van der Waals surface area contributed by atoms with Crippen molar-refractivity contribution in [3.05, 3.63) is 71.8 Å². The van der Waals surface area contributed by atoms with Crippen LogP contribution in [0.5, 0.6) is 0 Å². The lowest BCUT2D eigenvalue weighted by Crippen LogP contribution is -2.53. The molecule has 8 nitrogen and oxygen atoms in total. The van der Waals surface area contributed by atoms with Gasteiger partial charge in [-0.25, -0.2) is 4.79 Å². The van der Waals surface area contributed by atoms with Crippen LogP contribution in [0.15, 0.2) is 60.7 Å². The van der Waals surface area contributed by atoms with Gasteiger partial charge in [0.2, 0.25) is 0 Å². The Balaban J connectivity index is 1.35. The van der Waals surface area contributed by atoms with E-state index < -0.39 is 0 Å². The number of morpholine rings is 2. The maximum Gasteiger partial charge on any atom is 0.317 e. The molecule has 0 aromatic heterocycles. The number of urea groups is 1. The summed E-state index contributed by atoms with van der Waals surface area (Å²) in [6.07, 6.45) is -0.228. The van der Waals surface area contributed by atoms with Crippen LogP contribution in [0.4, 0.5) is 4.79 Å². The number of carbonyl (C=O) groups is 2. The van der Waals surface area contributed by atoms with E-state index >= 15 is 0 Å². The molecule has 2 heterocycles. The summed E-state index contributed by atoms with van der Waals surface area (Å²) in [5, 5.41) is 2.99. The topological polar surface area (TPSA) is 74.4 Å². The van der Waals surface area contributed by atoms with Crippen molar-refractivity contribution in [2.75, 3.05) is 65.6 Å².